The molecule has 0 aromatic rings. The minimum Gasteiger partial charge on any atom is -0.347 e. The molecule has 3 unspecified atom stereocenters. The van der Waals surface area contributed by atoms with Gasteiger partial charge in [0.2, 0.25) is 0 Å². The second-order valence-corrected chi connectivity index (χ2v) is 15.6. The molecule has 1 fully saturated rings. The highest BCUT2D eigenvalue weighted by atomic mass is 16.7. The summed E-state index contributed by atoms with van der Waals surface area (Å²) in [7, 11) is 4.32. The van der Waals surface area contributed by atoms with E-state index in [1.54, 1.807) is 0 Å². The molecule has 0 aromatic heterocycles. The van der Waals surface area contributed by atoms with E-state index in [1.807, 2.05) is 0 Å². The van der Waals surface area contributed by atoms with Crippen molar-refractivity contribution in [1.82, 2.24) is 4.90 Å². The fourth-order valence-electron chi connectivity index (χ4n) is 7.20. The molecular weight excluding hydrogens is 562 g/mol. The van der Waals surface area contributed by atoms with E-state index in [4.69, 9.17) is 9.47 Å². The van der Waals surface area contributed by atoms with E-state index in [0.29, 0.717) is 0 Å². The molecule has 1 aliphatic rings. The molecule has 0 aromatic carbocycles. The molecule has 46 heavy (non-hydrogen) atoms. The fourth-order valence-corrected chi connectivity index (χ4v) is 7.20. The van der Waals surface area contributed by atoms with E-state index >= 15 is 0 Å². The van der Waals surface area contributed by atoms with E-state index in [9.17, 15) is 0 Å². The number of allylic oxidation sites excluding steroid dienone is 2. The van der Waals surface area contributed by atoms with E-state index in [1.165, 1.54) is 180 Å². The van der Waals surface area contributed by atoms with Crippen LogP contribution in [0.4, 0.5) is 0 Å². The van der Waals surface area contributed by atoms with Gasteiger partial charge in [-0.3, -0.25) is 0 Å². The monoisotopic (exact) mass is 648 g/mol. The maximum absolute atomic E-state index is 6.70. The van der Waals surface area contributed by atoms with Gasteiger partial charge in [0.1, 0.15) is 0 Å². The van der Waals surface area contributed by atoms with Gasteiger partial charge < -0.3 is 14.4 Å². The lowest BCUT2D eigenvalue weighted by Gasteiger charge is -2.29. The molecule has 0 spiro atoms. The molecule has 3 nitrogen and oxygen atoms in total. The van der Waals surface area contributed by atoms with E-state index in [-0.39, 0.29) is 11.9 Å². The molecule has 0 radical (unpaired) electrons. The summed E-state index contributed by atoms with van der Waals surface area (Å²) in [6.07, 6.45) is 47.1. The zero-order valence-electron chi connectivity index (χ0n) is 32.4. The van der Waals surface area contributed by atoms with Gasteiger partial charge in [-0.05, 0) is 65.0 Å². The summed E-state index contributed by atoms with van der Waals surface area (Å²) in [6.45, 7) is 8.95. The Hall–Kier alpha value is -0.380. The maximum Gasteiger partial charge on any atom is 0.168 e. The van der Waals surface area contributed by atoms with Crippen LogP contribution in [0.2, 0.25) is 0 Å². The van der Waals surface area contributed by atoms with E-state index in [2.05, 4.69) is 51.9 Å². The Morgan fingerprint density at radius 1 is 0.587 bits per heavy atom. The summed E-state index contributed by atoms with van der Waals surface area (Å²) in [5.74, 6) is 0.619. The van der Waals surface area contributed by atoms with Crippen LogP contribution in [-0.2, 0) is 9.47 Å². The average molecular weight is 648 g/mol. The topological polar surface area (TPSA) is 21.7 Å². The van der Waals surface area contributed by atoms with Crippen LogP contribution in [-0.4, -0.2) is 44.0 Å². The first-order valence-corrected chi connectivity index (χ1v) is 21.1. The second-order valence-electron chi connectivity index (χ2n) is 15.6. The van der Waals surface area contributed by atoms with Gasteiger partial charge in [-0.25, -0.2) is 0 Å². The van der Waals surface area contributed by atoms with E-state index in [0.717, 1.165) is 38.3 Å². The Bertz CT molecular complexity index is 649. The molecule has 0 amide bonds. The van der Waals surface area contributed by atoms with Crippen molar-refractivity contribution in [3.63, 3.8) is 0 Å². The van der Waals surface area contributed by atoms with Gasteiger partial charge in [0, 0.05) is 19.4 Å². The predicted octanol–water partition coefficient (Wildman–Crippen LogP) is 14.0. The fraction of sp³-hybridized carbons (Fsp3) is 0.953. The number of rotatable bonds is 35. The highest BCUT2D eigenvalue weighted by Gasteiger charge is 2.40. The molecule has 1 aliphatic heterocycles. The Kier molecular flexibility index (Phi) is 30.2. The zero-order chi connectivity index (χ0) is 33.4. The quantitative estimate of drug-likeness (QED) is 0.0504. The SMILES string of the molecule is CCCCCCCC/C=C\CCCCCCCCC1(CCCCCCCCC(C)CCCCCCCC)OCC(CCN(C)C)O1. The van der Waals surface area contributed by atoms with Crippen LogP contribution < -0.4 is 0 Å². The Labute approximate surface area is 290 Å². The molecule has 3 heteroatoms. The van der Waals surface area contributed by atoms with Crippen molar-refractivity contribution in [3.8, 4) is 0 Å². The number of ether oxygens (including phenoxy) is 2. The van der Waals surface area contributed by atoms with Crippen LogP contribution in [0.25, 0.3) is 0 Å². The summed E-state index contributed by atoms with van der Waals surface area (Å²) in [6, 6.07) is 0. The number of nitrogens with zero attached hydrogens (tertiary/aromatic N) is 1. The zero-order valence-corrected chi connectivity index (χ0v) is 32.4. The highest BCUT2D eigenvalue weighted by Crippen LogP contribution is 2.35. The van der Waals surface area contributed by atoms with Crippen molar-refractivity contribution in [2.75, 3.05) is 27.2 Å². The van der Waals surface area contributed by atoms with Crippen molar-refractivity contribution in [1.29, 1.82) is 0 Å². The highest BCUT2D eigenvalue weighted by molar-refractivity contribution is 4.82. The van der Waals surface area contributed by atoms with Gasteiger partial charge in [0.15, 0.2) is 5.79 Å². The van der Waals surface area contributed by atoms with Crippen molar-refractivity contribution in [2.24, 2.45) is 5.92 Å². The largest absolute Gasteiger partial charge is 0.347 e. The maximum atomic E-state index is 6.70. The lowest BCUT2D eigenvalue weighted by atomic mass is 9.95. The minimum absolute atomic E-state index is 0.273. The summed E-state index contributed by atoms with van der Waals surface area (Å²) < 4.78 is 13.2. The summed E-state index contributed by atoms with van der Waals surface area (Å²) >= 11 is 0. The Morgan fingerprint density at radius 2 is 1.00 bits per heavy atom. The standard InChI is InChI=1S/C43H85NO2/c1-6-8-10-12-14-15-16-17-18-19-20-21-22-24-28-32-37-43(45-40-42(46-43)36-39-44(4)5)38-33-29-25-23-27-31-35-41(3)34-30-26-13-11-9-7-2/h17-18,41-42H,6-16,19-40H2,1-5H3/b18-17-. The lowest BCUT2D eigenvalue weighted by Crippen LogP contribution is -2.31. The van der Waals surface area contributed by atoms with Gasteiger partial charge in [0.25, 0.3) is 0 Å². The normalized spacial score (nSPS) is 19.2. The van der Waals surface area contributed by atoms with Gasteiger partial charge in [-0.1, -0.05) is 174 Å². The smallest absolute Gasteiger partial charge is 0.168 e. The van der Waals surface area contributed by atoms with Gasteiger partial charge in [-0.15, -0.1) is 0 Å². The Balaban J connectivity index is 2.15. The molecule has 1 heterocycles. The average Bonchev–Trinajstić information content (AvgIpc) is 3.45. The molecule has 0 N–H and O–H groups in total. The second kappa shape index (κ2) is 31.9. The van der Waals surface area contributed by atoms with Gasteiger partial charge in [0.05, 0.1) is 12.7 Å². The first kappa shape index (κ1) is 43.6. The predicted molar refractivity (Wildman–Crippen MR) is 205 cm³/mol. The first-order chi connectivity index (χ1) is 22.5. The summed E-state index contributed by atoms with van der Waals surface area (Å²) in [5, 5.41) is 0. The van der Waals surface area contributed by atoms with Crippen LogP contribution in [0.3, 0.4) is 0 Å². The minimum atomic E-state index is -0.302. The lowest BCUT2D eigenvalue weighted by molar-refractivity contribution is -0.180. The first-order valence-electron chi connectivity index (χ1n) is 21.1. The molecule has 1 saturated heterocycles. The molecular formula is C43H85NO2. The summed E-state index contributed by atoms with van der Waals surface area (Å²) in [5.41, 5.74) is 0. The van der Waals surface area contributed by atoms with Crippen molar-refractivity contribution in [3.05, 3.63) is 12.2 Å². The molecule has 0 aliphatic carbocycles. The van der Waals surface area contributed by atoms with Crippen molar-refractivity contribution >= 4 is 0 Å². The third-order valence-corrected chi connectivity index (χ3v) is 10.4. The molecule has 1 rings (SSSR count). The van der Waals surface area contributed by atoms with Crippen LogP contribution in [0.1, 0.15) is 220 Å². The van der Waals surface area contributed by atoms with Crippen molar-refractivity contribution < 1.29 is 9.47 Å². The third-order valence-electron chi connectivity index (χ3n) is 10.4. The molecule has 0 bridgehead atoms. The van der Waals surface area contributed by atoms with Crippen LogP contribution in [0.15, 0.2) is 12.2 Å². The van der Waals surface area contributed by atoms with Crippen molar-refractivity contribution in [2.45, 2.75) is 232 Å². The van der Waals surface area contributed by atoms with Crippen LogP contribution >= 0.6 is 0 Å². The number of hydrogen-bond donors (Lipinski definition) is 0. The number of unbranched alkanes of at least 4 members (excludes halogenated alkanes) is 22. The molecule has 0 saturated carbocycles. The summed E-state index contributed by atoms with van der Waals surface area (Å²) in [4.78, 5) is 2.27. The van der Waals surface area contributed by atoms with Crippen LogP contribution in [0, 0.1) is 5.92 Å². The van der Waals surface area contributed by atoms with Gasteiger partial charge in [-0.2, -0.15) is 0 Å². The van der Waals surface area contributed by atoms with E-state index < -0.39 is 0 Å². The Morgan fingerprint density at radius 3 is 1.46 bits per heavy atom. The number of hydrogen-bond acceptors (Lipinski definition) is 3. The third kappa shape index (κ3) is 26.6. The van der Waals surface area contributed by atoms with Crippen LogP contribution in [0.5, 0.6) is 0 Å². The molecule has 274 valence electrons. The molecule has 3 atom stereocenters. The van der Waals surface area contributed by atoms with Gasteiger partial charge >= 0.3 is 0 Å².